The average molecular weight is 395 g/mol. The van der Waals surface area contributed by atoms with E-state index < -0.39 is 36.9 Å². The molecule has 1 aliphatic heterocycles. The molecule has 1 amide bonds. The first kappa shape index (κ1) is 19.4. The van der Waals surface area contributed by atoms with E-state index in [1.54, 1.807) is 20.8 Å². The molecule has 2 N–H and O–H groups in total. The number of carbonyl (C=O) groups excluding carboxylic acids is 1. The zero-order valence-corrected chi connectivity index (χ0v) is 16.4. The first-order valence-corrected chi connectivity index (χ1v) is 11.5. The number of sulfone groups is 1. The third-order valence-corrected chi connectivity index (χ3v) is 9.63. The minimum atomic E-state index is -4.08. The van der Waals surface area contributed by atoms with Crippen molar-refractivity contribution in [3.05, 3.63) is 11.6 Å². The zero-order chi connectivity index (χ0) is 18.3. The summed E-state index contributed by atoms with van der Waals surface area (Å²) in [5, 5.41) is 2.60. The highest BCUT2D eigenvalue weighted by Gasteiger charge is 2.39. The number of hydrogen-bond donors (Lipinski definition) is 2. The Morgan fingerprint density at radius 1 is 1.42 bits per heavy atom. The minimum absolute atomic E-state index is 0.0737. The van der Waals surface area contributed by atoms with Crippen molar-refractivity contribution in [1.29, 1.82) is 0 Å². The smallest absolute Gasteiger partial charge is 0.273 e. The normalized spacial score (nSPS) is 23.0. The van der Waals surface area contributed by atoms with Crippen molar-refractivity contribution in [1.82, 2.24) is 10.0 Å². The van der Waals surface area contributed by atoms with Gasteiger partial charge in [0.1, 0.15) is 8.42 Å². The molecule has 0 bridgehead atoms. The van der Waals surface area contributed by atoms with Crippen LogP contribution in [0.25, 0.3) is 0 Å². The molecule has 24 heavy (non-hydrogen) atoms. The Hall–Kier alpha value is -0.970. The number of rotatable bonds is 5. The van der Waals surface area contributed by atoms with E-state index in [1.165, 1.54) is 6.07 Å². The van der Waals surface area contributed by atoms with Crippen LogP contribution in [0.5, 0.6) is 0 Å². The van der Waals surface area contributed by atoms with Gasteiger partial charge in [-0.15, -0.1) is 11.3 Å². The second-order valence-electron chi connectivity index (χ2n) is 6.13. The second kappa shape index (κ2) is 6.74. The summed E-state index contributed by atoms with van der Waals surface area (Å²) in [4.78, 5) is 11.7. The number of sulfonamides is 1. The van der Waals surface area contributed by atoms with E-state index >= 15 is 0 Å². The van der Waals surface area contributed by atoms with Crippen LogP contribution in [-0.4, -0.2) is 34.5 Å². The maximum atomic E-state index is 12.5. The lowest BCUT2D eigenvalue weighted by Gasteiger charge is -2.27. The first-order chi connectivity index (χ1) is 11.0. The lowest BCUT2D eigenvalue weighted by molar-refractivity contribution is -0.122. The van der Waals surface area contributed by atoms with Crippen LogP contribution in [0, 0.1) is 5.92 Å². The van der Waals surface area contributed by atoms with Gasteiger partial charge in [0, 0.05) is 17.5 Å². The molecule has 2 heterocycles. The molecular weight excluding hydrogens is 372 g/mol. The topological polar surface area (TPSA) is 109 Å². The van der Waals surface area contributed by atoms with Crippen molar-refractivity contribution in [3.63, 3.8) is 0 Å². The zero-order valence-electron chi connectivity index (χ0n) is 14.0. The predicted octanol–water partition coefficient (Wildman–Crippen LogP) is 1.43. The molecule has 0 radical (unpaired) electrons. The summed E-state index contributed by atoms with van der Waals surface area (Å²) < 4.78 is 51.7. The molecule has 136 valence electrons. The summed E-state index contributed by atoms with van der Waals surface area (Å²) in [6.07, 6.45) is 0.387. The Morgan fingerprint density at radius 2 is 2.04 bits per heavy atom. The molecule has 1 aromatic rings. The number of amides is 1. The van der Waals surface area contributed by atoms with Crippen LogP contribution >= 0.6 is 11.3 Å². The molecular formula is C14H22N2O5S3. The Morgan fingerprint density at radius 3 is 2.58 bits per heavy atom. The van der Waals surface area contributed by atoms with Gasteiger partial charge in [0.25, 0.3) is 10.0 Å². The van der Waals surface area contributed by atoms with Crippen molar-refractivity contribution in [2.24, 2.45) is 5.92 Å². The van der Waals surface area contributed by atoms with Crippen LogP contribution < -0.4 is 10.0 Å². The summed E-state index contributed by atoms with van der Waals surface area (Å²) in [6.45, 7) is 7.32. The second-order valence-corrected chi connectivity index (χ2v) is 11.7. The van der Waals surface area contributed by atoms with Crippen LogP contribution in [0.1, 0.15) is 45.7 Å². The van der Waals surface area contributed by atoms with Crippen molar-refractivity contribution in [2.45, 2.75) is 53.8 Å². The fraction of sp³-hybridized carbons (Fsp3) is 0.643. The molecule has 10 heteroatoms. The van der Waals surface area contributed by atoms with Gasteiger partial charge in [0.05, 0.1) is 5.25 Å². The Bertz CT molecular complexity index is 840. The Kier molecular flexibility index (Phi) is 5.43. The predicted molar refractivity (Wildman–Crippen MR) is 92.2 cm³/mol. The Labute approximate surface area is 146 Å². The summed E-state index contributed by atoms with van der Waals surface area (Å²) in [6, 6.07) is 1.15. The van der Waals surface area contributed by atoms with Crippen molar-refractivity contribution < 1.29 is 21.6 Å². The molecule has 7 nitrogen and oxygen atoms in total. The quantitative estimate of drug-likeness (QED) is 0.782. The highest BCUT2D eigenvalue weighted by atomic mass is 32.3. The van der Waals surface area contributed by atoms with E-state index in [4.69, 9.17) is 0 Å². The molecule has 1 aromatic heterocycles. The fourth-order valence-electron chi connectivity index (χ4n) is 2.47. The lowest BCUT2D eigenvalue weighted by Crippen LogP contribution is -2.33. The third-order valence-electron chi connectivity index (χ3n) is 3.91. The maximum Gasteiger partial charge on any atom is 0.273 e. The van der Waals surface area contributed by atoms with Crippen molar-refractivity contribution in [2.75, 3.05) is 6.54 Å². The molecule has 0 aliphatic carbocycles. The highest BCUT2D eigenvalue weighted by molar-refractivity contribution is 7.95. The summed E-state index contributed by atoms with van der Waals surface area (Å²) in [5.74, 6) is -1.12. The SMILES string of the molecule is CCN[C@H]1C[C@H](C)S(=O)(=O)c2sc(S(=O)(=O)NC(=O)C(C)C)cc21. The Balaban J connectivity index is 2.50. The minimum Gasteiger partial charge on any atom is -0.310 e. The molecule has 0 spiro atoms. The largest absolute Gasteiger partial charge is 0.310 e. The number of nitrogens with one attached hydrogen (secondary N) is 2. The van der Waals surface area contributed by atoms with E-state index in [1.807, 2.05) is 11.6 Å². The monoisotopic (exact) mass is 394 g/mol. The van der Waals surface area contributed by atoms with E-state index in [9.17, 15) is 21.6 Å². The summed E-state index contributed by atoms with van der Waals surface area (Å²) >= 11 is 0.706. The van der Waals surface area contributed by atoms with Gasteiger partial charge in [0.2, 0.25) is 5.91 Å². The summed E-state index contributed by atoms with van der Waals surface area (Å²) in [5.41, 5.74) is 0.470. The highest BCUT2D eigenvalue weighted by Crippen LogP contribution is 2.42. The molecule has 2 atom stereocenters. The molecule has 0 unspecified atom stereocenters. The van der Waals surface area contributed by atoms with Crippen LogP contribution in [-0.2, 0) is 24.7 Å². The fourth-order valence-corrected chi connectivity index (χ4v) is 7.58. The molecule has 0 fully saturated rings. The van der Waals surface area contributed by atoms with Crippen molar-refractivity contribution >= 4 is 37.1 Å². The summed E-state index contributed by atoms with van der Waals surface area (Å²) in [7, 11) is -7.63. The molecule has 1 aliphatic rings. The standard InChI is InChI=1S/C14H22N2O5S3/c1-5-15-11-6-9(4)23(18,19)14-10(11)7-12(22-14)24(20,21)16-13(17)8(2)3/h7-9,11,15H,5-6H2,1-4H3,(H,16,17)/t9-,11-/m0/s1. The van der Waals surface area contributed by atoms with Gasteiger partial charge in [-0.2, -0.15) is 0 Å². The average Bonchev–Trinajstić information content (AvgIpc) is 2.92. The number of carbonyl (C=O) groups is 1. The first-order valence-electron chi connectivity index (χ1n) is 7.68. The van der Waals surface area contributed by atoms with Gasteiger partial charge in [-0.05, 0) is 26.0 Å². The van der Waals surface area contributed by atoms with Crippen LogP contribution in [0.3, 0.4) is 0 Å². The molecule has 0 saturated heterocycles. The van der Waals surface area contributed by atoms with E-state index in [0.717, 1.165) is 0 Å². The van der Waals surface area contributed by atoms with Crippen LogP contribution in [0.4, 0.5) is 0 Å². The van der Waals surface area contributed by atoms with Crippen LogP contribution in [0.2, 0.25) is 0 Å². The van der Waals surface area contributed by atoms with Crippen LogP contribution in [0.15, 0.2) is 14.5 Å². The van der Waals surface area contributed by atoms with E-state index in [0.29, 0.717) is 29.9 Å². The maximum absolute atomic E-state index is 12.5. The van der Waals surface area contributed by atoms with Gasteiger partial charge in [-0.3, -0.25) is 4.79 Å². The number of thiophene rings is 1. The van der Waals surface area contributed by atoms with E-state index in [-0.39, 0.29) is 14.5 Å². The van der Waals surface area contributed by atoms with E-state index in [2.05, 4.69) is 5.32 Å². The number of fused-ring (bicyclic) bond motifs is 1. The molecule has 2 rings (SSSR count). The van der Waals surface area contributed by atoms with Gasteiger partial charge in [-0.25, -0.2) is 21.6 Å². The van der Waals surface area contributed by atoms with Gasteiger partial charge >= 0.3 is 0 Å². The van der Waals surface area contributed by atoms with Gasteiger partial charge in [-0.1, -0.05) is 20.8 Å². The lowest BCUT2D eigenvalue weighted by atomic mass is 10.1. The number of hydrogen-bond acceptors (Lipinski definition) is 7. The van der Waals surface area contributed by atoms with Gasteiger partial charge < -0.3 is 5.32 Å². The van der Waals surface area contributed by atoms with Crippen molar-refractivity contribution in [3.8, 4) is 0 Å². The molecule has 0 aromatic carbocycles. The molecule has 0 saturated carbocycles. The third kappa shape index (κ3) is 3.51. The van der Waals surface area contributed by atoms with Gasteiger partial charge in [0.15, 0.2) is 9.84 Å².